The molecule has 0 amide bonds. The third-order valence-electron chi connectivity index (χ3n) is 2.69. The lowest BCUT2D eigenvalue weighted by Gasteiger charge is -2.40. The van der Waals surface area contributed by atoms with Crippen LogP contribution in [-0.2, 0) is 4.74 Å². The zero-order valence-electron chi connectivity index (χ0n) is 7.75. The van der Waals surface area contributed by atoms with Gasteiger partial charge in [-0.05, 0) is 19.3 Å². The monoisotopic (exact) mass is 198 g/mol. The van der Waals surface area contributed by atoms with Crippen LogP contribution in [0.3, 0.4) is 0 Å². The number of nitrogens with one attached hydrogen (secondary N) is 1. The van der Waals surface area contributed by atoms with Gasteiger partial charge in [0.25, 0.3) is 0 Å². The van der Waals surface area contributed by atoms with Crippen LogP contribution in [0.2, 0.25) is 0 Å². The van der Waals surface area contributed by atoms with Gasteiger partial charge in [0.15, 0.2) is 5.13 Å². The van der Waals surface area contributed by atoms with Gasteiger partial charge in [-0.1, -0.05) is 0 Å². The van der Waals surface area contributed by atoms with Gasteiger partial charge in [-0.25, -0.2) is 4.98 Å². The van der Waals surface area contributed by atoms with Gasteiger partial charge in [0.2, 0.25) is 0 Å². The Balaban J connectivity index is 1.84. The molecule has 1 N–H and O–H groups in total. The maximum Gasteiger partial charge on any atom is 0.182 e. The number of aromatic nitrogens is 1. The van der Waals surface area contributed by atoms with Crippen LogP contribution >= 0.6 is 11.3 Å². The third-order valence-corrected chi connectivity index (χ3v) is 3.42. The fraction of sp³-hybridized carbons (Fsp3) is 0.667. The van der Waals surface area contributed by atoms with Crippen molar-refractivity contribution in [3.8, 4) is 0 Å². The lowest BCUT2D eigenvalue weighted by Crippen LogP contribution is -2.45. The molecule has 0 aromatic carbocycles. The Labute approximate surface area is 82.1 Å². The van der Waals surface area contributed by atoms with Crippen LogP contribution in [0.5, 0.6) is 0 Å². The Hall–Kier alpha value is -0.610. The summed E-state index contributed by atoms with van der Waals surface area (Å²) in [5.41, 5.74) is 0.0890. The smallest absolute Gasteiger partial charge is 0.182 e. The summed E-state index contributed by atoms with van der Waals surface area (Å²) in [6.45, 7) is 0.886. The molecule has 1 saturated carbocycles. The van der Waals surface area contributed by atoms with Crippen LogP contribution in [0.25, 0.3) is 0 Å². The first-order valence-electron chi connectivity index (χ1n) is 4.53. The summed E-state index contributed by atoms with van der Waals surface area (Å²) >= 11 is 1.63. The summed E-state index contributed by atoms with van der Waals surface area (Å²) in [6, 6.07) is 0. The molecule has 0 spiro atoms. The van der Waals surface area contributed by atoms with Crippen LogP contribution in [0.4, 0.5) is 5.13 Å². The maximum absolute atomic E-state index is 5.49. The average Bonchev–Trinajstić information content (AvgIpc) is 2.56. The summed E-state index contributed by atoms with van der Waals surface area (Å²) in [7, 11) is 1.79. The largest absolute Gasteiger partial charge is 0.376 e. The SMILES string of the molecule is COC1(CNc2nccs2)CCC1. The molecule has 1 aromatic heterocycles. The molecule has 2 rings (SSSR count). The van der Waals surface area contributed by atoms with Gasteiger partial charge in [0.1, 0.15) is 0 Å². The van der Waals surface area contributed by atoms with E-state index < -0.39 is 0 Å². The highest BCUT2D eigenvalue weighted by Crippen LogP contribution is 2.35. The van der Waals surface area contributed by atoms with E-state index in [0.29, 0.717) is 0 Å². The number of methoxy groups -OCH3 is 1. The van der Waals surface area contributed by atoms with Gasteiger partial charge in [0, 0.05) is 25.2 Å². The molecule has 1 aliphatic rings. The zero-order valence-corrected chi connectivity index (χ0v) is 8.56. The molecule has 0 atom stereocenters. The lowest BCUT2D eigenvalue weighted by molar-refractivity contribution is -0.0601. The van der Waals surface area contributed by atoms with E-state index in [2.05, 4.69) is 10.3 Å². The molecule has 13 heavy (non-hydrogen) atoms. The predicted octanol–water partition coefficient (Wildman–Crippen LogP) is 2.12. The Bertz CT molecular complexity index is 251. The number of ether oxygens (including phenoxy) is 1. The number of hydrogen-bond acceptors (Lipinski definition) is 4. The summed E-state index contributed by atoms with van der Waals surface area (Å²) in [4.78, 5) is 4.16. The van der Waals surface area contributed by atoms with Crippen LogP contribution in [0.15, 0.2) is 11.6 Å². The minimum absolute atomic E-state index is 0.0890. The summed E-state index contributed by atoms with van der Waals surface area (Å²) in [5, 5.41) is 6.26. The summed E-state index contributed by atoms with van der Waals surface area (Å²) < 4.78 is 5.49. The summed E-state index contributed by atoms with van der Waals surface area (Å²) in [5.74, 6) is 0. The van der Waals surface area contributed by atoms with Crippen LogP contribution in [0.1, 0.15) is 19.3 Å². The number of thiazole rings is 1. The second kappa shape index (κ2) is 3.64. The lowest BCUT2D eigenvalue weighted by atomic mass is 9.80. The van der Waals surface area contributed by atoms with Crippen molar-refractivity contribution in [2.45, 2.75) is 24.9 Å². The number of rotatable bonds is 4. The Kier molecular flexibility index (Phi) is 2.51. The third kappa shape index (κ3) is 1.84. The molecule has 1 aromatic rings. The minimum Gasteiger partial charge on any atom is -0.376 e. The highest BCUT2D eigenvalue weighted by Gasteiger charge is 2.36. The molecule has 0 aliphatic heterocycles. The van der Waals surface area contributed by atoms with Crippen molar-refractivity contribution in [1.29, 1.82) is 0 Å². The van der Waals surface area contributed by atoms with E-state index in [0.717, 1.165) is 11.7 Å². The fourth-order valence-electron chi connectivity index (χ4n) is 1.57. The van der Waals surface area contributed by atoms with Gasteiger partial charge >= 0.3 is 0 Å². The van der Waals surface area contributed by atoms with E-state index in [1.165, 1.54) is 19.3 Å². The average molecular weight is 198 g/mol. The molecule has 1 aliphatic carbocycles. The quantitative estimate of drug-likeness (QED) is 0.804. The molecule has 1 heterocycles. The van der Waals surface area contributed by atoms with E-state index in [4.69, 9.17) is 4.74 Å². The van der Waals surface area contributed by atoms with E-state index in [1.54, 1.807) is 18.4 Å². The second-order valence-corrected chi connectivity index (χ2v) is 4.33. The second-order valence-electron chi connectivity index (χ2n) is 3.43. The van der Waals surface area contributed by atoms with Gasteiger partial charge in [0.05, 0.1) is 5.60 Å². The van der Waals surface area contributed by atoms with Crippen molar-refractivity contribution in [2.75, 3.05) is 19.0 Å². The fourth-order valence-corrected chi connectivity index (χ4v) is 2.10. The van der Waals surface area contributed by atoms with E-state index in [1.807, 2.05) is 11.6 Å². The topological polar surface area (TPSA) is 34.1 Å². The standard InChI is InChI=1S/C9H14N2OS/c1-12-9(3-2-4-9)7-11-8-10-5-6-13-8/h5-6H,2-4,7H2,1H3,(H,10,11). The van der Waals surface area contributed by atoms with Crippen LogP contribution < -0.4 is 5.32 Å². The molecule has 0 radical (unpaired) electrons. The number of hydrogen-bond donors (Lipinski definition) is 1. The van der Waals surface area contributed by atoms with Gasteiger partial charge in [-0.15, -0.1) is 11.3 Å². The van der Waals surface area contributed by atoms with Crippen molar-refractivity contribution in [3.63, 3.8) is 0 Å². The number of nitrogens with zero attached hydrogens (tertiary/aromatic N) is 1. The molecule has 4 heteroatoms. The Morgan fingerprint density at radius 2 is 2.54 bits per heavy atom. The molecule has 0 unspecified atom stereocenters. The first kappa shape index (κ1) is 8.97. The van der Waals surface area contributed by atoms with Crippen LogP contribution in [0, 0.1) is 0 Å². The molecular formula is C9H14N2OS. The number of anilines is 1. The van der Waals surface area contributed by atoms with Gasteiger partial charge < -0.3 is 10.1 Å². The van der Waals surface area contributed by atoms with E-state index in [9.17, 15) is 0 Å². The van der Waals surface area contributed by atoms with E-state index in [-0.39, 0.29) is 5.60 Å². The Morgan fingerprint density at radius 3 is 3.00 bits per heavy atom. The highest BCUT2D eigenvalue weighted by atomic mass is 32.1. The highest BCUT2D eigenvalue weighted by molar-refractivity contribution is 7.13. The van der Waals surface area contributed by atoms with Gasteiger partial charge in [-0.2, -0.15) is 0 Å². The maximum atomic E-state index is 5.49. The first-order valence-corrected chi connectivity index (χ1v) is 5.41. The predicted molar refractivity (Wildman–Crippen MR) is 54.2 cm³/mol. The minimum atomic E-state index is 0.0890. The van der Waals surface area contributed by atoms with Crippen molar-refractivity contribution >= 4 is 16.5 Å². The molecule has 72 valence electrons. The normalized spacial score (nSPS) is 19.5. The van der Waals surface area contributed by atoms with Crippen LogP contribution in [-0.4, -0.2) is 24.2 Å². The Morgan fingerprint density at radius 1 is 1.69 bits per heavy atom. The van der Waals surface area contributed by atoms with Crippen molar-refractivity contribution in [1.82, 2.24) is 4.98 Å². The van der Waals surface area contributed by atoms with Gasteiger partial charge in [-0.3, -0.25) is 0 Å². The molecular weight excluding hydrogens is 184 g/mol. The van der Waals surface area contributed by atoms with Crippen molar-refractivity contribution in [2.24, 2.45) is 0 Å². The van der Waals surface area contributed by atoms with Crippen molar-refractivity contribution in [3.05, 3.63) is 11.6 Å². The molecule has 0 saturated heterocycles. The molecule has 1 fully saturated rings. The van der Waals surface area contributed by atoms with E-state index >= 15 is 0 Å². The zero-order chi connectivity index (χ0) is 9.15. The van der Waals surface area contributed by atoms with Crippen molar-refractivity contribution < 1.29 is 4.74 Å². The first-order chi connectivity index (χ1) is 6.35. The summed E-state index contributed by atoms with van der Waals surface area (Å²) in [6.07, 6.45) is 5.43. The molecule has 3 nitrogen and oxygen atoms in total. The molecule has 0 bridgehead atoms.